The predicted molar refractivity (Wildman–Crippen MR) is 111 cm³/mol. The first-order chi connectivity index (χ1) is 12.9. The Morgan fingerprint density at radius 3 is 2.74 bits per heavy atom. The van der Waals surface area contributed by atoms with Gasteiger partial charge in [-0.1, -0.05) is 13.8 Å². The zero-order valence-electron chi connectivity index (χ0n) is 16.3. The van der Waals surface area contributed by atoms with E-state index in [0.717, 1.165) is 41.8 Å². The van der Waals surface area contributed by atoms with Crippen molar-refractivity contribution in [3.05, 3.63) is 39.2 Å². The number of rotatable bonds is 5. The van der Waals surface area contributed by atoms with Crippen molar-refractivity contribution in [2.45, 2.75) is 49.7 Å². The van der Waals surface area contributed by atoms with Crippen LogP contribution in [0.1, 0.15) is 49.5 Å². The van der Waals surface area contributed by atoms with Gasteiger partial charge in [0.2, 0.25) is 0 Å². The van der Waals surface area contributed by atoms with E-state index < -0.39 is 0 Å². The predicted octanol–water partition coefficient (Wildman–Crippen LogP) is 4.00. The van der Waals surface area contributed by atoms with E-state index in [-0.39, 0.29) is 11.7 Å². The third-order valence-electron chi connectivity index (χ3n) is 5.00. The Balaban J connectivity index is 2.27. The highest BCUT2D eigenvalue weighted by molar-refractivity contribution is 8.01. The molecule has 0 amide bonds. The Morgan fingerprint density at radius 1 is 1.41 bits per heavy atom. The van der Waals surface area contributed by atoms with E-state index in [1.165, 1.54) is 9.09 Å². The van der Waals surface area contributed by atoms with Crippen molar-refractivity contribution in [2.24, 2.45) is 5.73 Å². The summed E-state index contributed by atoms with van der Waals surface area (Å²) >= 11 is 3.55. The van der Waals surface area contributed by atoms with E-state index in [0.29, 0.717) is 17.8 Å². The van der Waals surface area contributed by atoms with Gasteiger partial charge in [0.1, 0.15) is 5.82 Å². The molecule has 2 aliphatic rings. The molecular formula is C20H26N4OS2. The number of carbonyl (C=O) groups is 1. The van der Waals surface area contributed by atoms with Gasteiger partial charge in [-0.15, -0.1) is 23.1 Å². The Labute approximate surface area is 169 Å². The second kappa shape index (κ2) is 8.09. The quantitative estimate of drug-likeness (QED) is 0.751. The normalized spacial score (nSPS) is 20.4. The summed E-state index contributed by atoms with van der Waals surface area (Å²) in [5, 5.41) is 13.7. The van der Waals surface area contributed by atoms with Gasteiger partial charge in [0.25, 0.3) is 0 Å². The van der Waals surface area contributed by atoms with Crippen molar-refractivity contribution in [3.63, 3.8) is 0 Å². The summed E-state index contributed by atoms with van der Waals surface area (Å²) in [6, 6.07) is 4.51. The number of nitrogens with two attached hydrogens (primary N) is 1. The third kappa shape index (κ3) is 3.42. The number of nitrogens with zero attached hydrogens (tertiary/aromatic N) is 3. The molecule has 2 heterocycles. The highest BCUT2D eigenvalue weighted by Gasteiger charge is 2.41. The molecule has 1 aliphatic carbocycles. The van der Waals surface area contributed by atoms with Gasteiger partial charge in [-0.3, -0.25) is 9.80 Å². The topological polar surface area (TPSA) is 73.4 Å². The number of aryl methyl sites for hydroxylation is 1. The van der Waals surface area contributed by atoms with Gasteiger partial charge in [-0.05, 0) is 36.6 Å². The molecule has 1 aliphatic heterocycles. The molecule has 0 fully saturated rings. The lowest BCUT2D eigenvalue weighted by molar-refractivity contribution is -0.116. The van der Waals surface area contributed by atoms with Crippen LogP contribution in [0.25, 0.3) is 0 Å². The summed E-state index contributed by atoms with van der Waals surface area (Å²) in [4.78, 5) is 14.3. The average molecular weight is 403 g/mol. The van der Waals surface area contributed by atoms with Crippen LogP contribution in [0.4, 0.5) is 0 Å². The number of hydrogen-bond donors (Lipinski definition) is 1. The molecule has 5 nitrogen and oxygen atoms in total. The first-order valence-electron chi connectivity index (χ1n) is 9.33. The van der Waals surface area contributed by atoms with Crippen LogP contribution in [0.5, 0.6) is 0 Å². The van der Waals surface area contributed by atoms with Crippen molar-refractivity contribution in [1.29, 1.82) is 5.26 Å². The molecule has 0 bridgehead atoms. The Morgan fingerprint density at radius 2 is 2.15 bits per heavy atom. The lowest BCUT2D eigenvalue weighted by atomic mass is 9.76. The van der Waals surface area contributed by atoms with Crippen molar-refractivity contribution in [1.82, 2.24) is 10.0 Å². The molecule has 1 aromatic rings. The van der Waals surface area contributed by atoms with Crippen LogP contribution < -0.4 is 5.73 Å². The van der Waals surface area contributed by atoms with Gasteiger partial charge in [-0.25, -0.2) is 5.01 Å². The van der Waals surface area contributed by atoms with Crippen LogP contribution in [0, 0.1) is 11.3 Å². The maximum Gasteiger partial charge on any atom is 0.161 e. The molecule has 0 saturated carbocycles. The van der Waals surface area contributed by atoms with Crippen molar-refractivity contribution < 1.29 is 4.79 Å². The van der Waals surface area contributed by atoms with Crippen molar-refractivity contribution in [2.75, 3.05) is 19.8 Å². The van der Waals surface area contributed by atoms with E-state index in [2.05, 4.69) is 26.0 Å². The molecule has 27 heavy (non-hydrogen) atoms. The molecule has 2 N–H and O–H groups in total. The van der Waals surface area contributed by atoms with E-state index in [9.17, 15) is 10.1 Å². The lowest BCUT2D eigenvalue weighted by Gasteiger charge is -2.42. The molecule has 0 aromatic carbocycles. The number of hydrazine groups is 1. The van der Waals surface area contributed by atoms with Crippen LogP contribution in [0.15, 0.2) is 32.9 Å². The molecule has 0 unspecified atom stereocenters. The second-order valence-electron chi connectivity index (χ2n) is 6.88. The number of hydrogen-bond acceptors (Lipinski definition) is 7. The van der Waals surface area contributed by atoms with Gasteiger partial charge in [-0.2, -0.15) is 5.26 Å². The molecule has 3 rings (SSSR count). The van der Waals surface area contributed by atoms with Crippen molar-refractivity contribution in [3.8, 4) is 6.07 Å². The standard InChI is InChI=1S/C20H26N4OS2/c1-5-12-10-13(20(27-12)26-6-2)17-14(11-21)19(22)24(23(3)4)15-8-7-9-16(25)18(15)17/h10,17H,5-9,22H2,1-4H3/t17-/m1/s1. The maximum atomic E-state index is 13.0. The van der Waals surface area contributed by atoms with Gasteiger partial charge < -0.3 is 5.73 Å². The Kier molecular flexibility index (Phi) is 5.99. The minimum atomic E-state index is -0.348. The smallest absolute Gasteiger partial charge is 0.161 e. The number of Topliss-reactive ketones (excluding diaryl/α,β-unsaturated/α-hetero) is 1. The number of thioether (sulfide) groups is 1. The highest BCUT2D eigenvalue weighted by Crippen LogP contribution is 2.49. The summed E-state index contributed by atoms with van der Waals surface area (Å²) in [5.41, 5.74) is 9.74. The molecule has 144 valence electrons. The summed E-state index contributed by atoms with van der Waals surface area (Å²) in [7, 11) is 3.79. The summed E-state index contributed by atoms with van der Waals surface area (Å²) in [6.45, 7) is 4.26. The number of nitriles is 1. The Hall–Kier alpha value is -1.75. The molecular weight excluding hydrogens is 376 g/mol. The fourth-order valence-corrected chi connectivity index (χ4v) is 6.27. The van der Waals surface area contributed by atoms with Gasteiger partial charge in [0.05, 0.1) is 21.8 Å². The van der Waals surface area contributed by atoms with Gasteiger partial charge >= 0.3 is 0 Å². The number of thiophene rings is 1. The number of allylic oxidation sites excluding steroid dienone is 3. The van der Waals surface area contributed by atoms with Crippen LogP contribution >= 0.6 is 23.1 Å². The van der Waals surface area contributed by atoms with Crippen LogP contribution in [-0.4, -0.2) is 35.6 Å². The zero-order chi connectivity index (χ0) is 19.7. The number of carbonyl (C=O) groups excluding carboxylic acids is 1. The zero-order valence-corrected chi connectivity index (χ0v) is 18.0. The molecule has 0 saturated heterocycles. The lowest BCUT2D eigenvalue weighted by Crippen LogP contribution is -2.45. The summed E-state index contributed by atoms with van der Waals surface area (Å²) < 4.78 is 1.20. The molecule has 1 atom stereocenters. The first-order valence-corrected chi connectivity index (χ1v) is 11.1. The third-order valence-corrected chi connectivity index (χ3v) is 7.48. The molecule has 0 spiro atoms. The van der Waals surface area contributed by atoms with Gasteiger partial charge in [0, 0.05) is 36.7 Å². The van der Waals surface area contributed by atoms with E-state index in [1.807, 2.05) is 24.1 Å². The summed E-state index contributed by atoms with van der Waals surface area (Å²) in [5.74, 6) is 1.19. The summed E-state index contributed by atoms with van der Waals surface area (Å²) in [6.07, 6.45) is 3.11. The SMILES string of the molecule is CCSc1sc(CC)cc1[C@@H]1C(C#N)=C(N)N(N(C)C)C2=C1C(=O)CCC2. The van der Waals surface area contributed by atoms with Gasteiger partial charge in [0.15, 0.2) is 5.78 Å². The van der Waals surface area contributed by atoms with E-state index in [1.54, 1.807) is 23.1 Å². The Bertz CT molecular complexity index is 860. The first kappa shape index (κ1) is 20.0. The van der Waals surface area contributed by atoms with Crippen LogP contribution in [-0.2, 0) is 11.2 Å². The highest BCUT2D eigenvalue weighted by atomic mass is 32.2. The minimum Gasteiger partial charge on any atom is -0.383 e. The second-order valence-corrected chi connectivity index (χ2v) is 9.55. The van der Waals surface area contributed by atoms with E-state index >= 15 is 0 Å². The van der Waals surface area contributed by atoms with Crippen LogP contribution in [0.2, 0.25) is 0 Å². The van der Waals surface area contributed by atoms with E-state index in [4.69, 9.17) is 5.73 Å². The minimum absolute atomic E-state index is 0.144. The molecule has 0 radical (unpaired) electrons. The number of ketones is 1. The monoisotopic (exact) mass is 402 g/mol. The largest absolute Gasteiger partial charge is 0.383 e. The fraction of sp³-hybridized carbons (Fsp3) is 0.500. The molecule has 1 aromatic heterocycles. The fourth-order valence-electron chi connectivity index (χ4n) is 3.89. The molecule has 7 heteroatoms. The maximum absolute atomic E-state index is 13.0. The average Bonchev–Trinajstić information content (AvgIpc) is 3.03. The van der Waals surface area contributed by atoms with Crippen LogP contribution in [0.3, 0.4) is 0 Å². The van der Waals surface area contributed by atoms with Crippen molar-refractivity contribution >= 4 is 28.9 Å².